The van der Waals surface area contributed by atoms with Gasteiger partial charge in [-0.3, -0.25) is 4.99 Å². The molecule has 0 fully saturated rings. The molecule has 0 amide bonds. The number of hydrogen-bond acceptors (Lipinski definition) is 5. The SMILES string of the molecule is CCNC(=NCC(O)c1cc(OC)cc(OC)c1)NCCOC.I. The first-order valence-corrected chi connectivity index (χ1v) is 7.56. The molecule has 0 heterocycles. The van der Waals surface area contributed by atoms with Crippen molar-refractivity contribution in [1.29, 1.82) is 0 Å². The Labute approximate surface area is 160 Å². The van der Waals surface area contributed by atoms with Crippen molar-refractivity contribution in [2.45, 2.75) is 13.0 Å². The van der Waals surface area contributed by atoms with Crippen molar-refractivity contribution in [3.63, 3.8) is 0 Å². The molecule has 0 spiro atoms. The van der Waals surface area contributed by atoms with Gasteiger partial charge >= 0.3 is 0 Å². The molecule has 0 saturated carbocycles. The quantitative estimate of drug-likeness (QED) is 0.228. The van der Waals surface area contributed by atoms with Gasteiger partial charge in [-0.2, -0.15) is 0 Å². The van der Waals surface area contributed by atoms with E-state index in [-0.39, 0.29) is 30.5 Å². The molecule has 0 aromatic heterocycles. The van der Waals surface area contributed by atoms with E-state index in [2.05, 4.69) is 15.6 Å². The van der Waals surface area contributed by atoms with Gasteiger partial charge in [-0.1, -0.05) is 0 Å². The summed E-state index contributed by atoms with van der Waals surface area (Å²) in [6, 6.07) is 5.30. The lowest BCUT2D eigenvalue weighted by Crippen LogP contribution is -2.39. The third-order valence-electron chi connectivity index (χ3n) is 3.12. The number of rotatable bonds is 9. The number of benzene rings is 1. The number of methoxy groups -OCH3 is 3. The molecule has 1 aromatic carbocycles. The number of guanidine groups is 1. The summed E-state index contributed by atoms with van der Waals surface area (Å²) < 4.78 is 15.4. The Balaban J connectivity index is 0.00000529. The van der Waals surface area contributed by atoms with Crippen LogP contribution in [0.4, 0.5) is 0 Å². The Hall–Kier alpha value is -1.26. The molecule has 0 aliphatic rings. The predicted octanol–water partition coefficient (Wildman–Crippen LogP) is 1.56. The highest BCUT2D eigenvalue weighted by molar-refractivity contribution is 14.0. The Morgan fingerprint density at radius 1 is 1.12 bits per heavy atom. The molecule has 0 aliphatic carbocycles. The summed E-state index contributed by atoms with van der Waals surface area (Å²) in [7, 11) is 4.80. The molecular formula is C16H28IN3O4. The second-order valence-corrected chi connectivity index (χ2v) is 4.80. The Kier molecular flexibility index (Phi) is 12.4. The largest absolute Gasteiger partial charge is 0.497 e. The zero-order valence-electron chi connectivity index (χ0n) is 14.7. The van der Waals surface area contributed by atoms with Crippen LogP contribution in [0.5, 0.6) is 11.5 Å². The van der Waals surface area contributed by atoms with Crippen molar-refractivity contribution >= 4 is 29.9 Å². The van der Waals surface area contributed by atoms with E-state index in [4.69, 9.17) is 14.2 Å². The van der Waals surface area contributed by atoms with Crippen molar-refractivity contribution in [1.82, 2.24) is 10.6 Å². The highest BCUT2D eigenvalue weighted by Crippen LogP contribution is 2.26. The van der Waals surface area contributed by atoms with Crippen LogP contribution >= 0.6 is 24.0 Å². The van der Waals surface area contributed by atoms with Gasteiger partial charge in [0.2, 0.25) is 0 Å². The van der Waals surface area contributed by atoms with Crippen molar-refractivity contribution < 1.29 is 19.3 Å². The van der Waals surface area contributed by atoms with Crippen LogP contribution in [0, 0.1) is 0 Å². The first-order valence-electron chi connectivity index (χ1n) is 7.56. The summed E-state index contributed by atoms with van der Waals surface area (Å²) in [5, 5.41) is 16.6. The van der Waals surface area contributed by atoms with Crippen LogP contribution in [-0.2, 0) is 4.74 Å². The van der Waals surface area contributed by atoms with Gasteiger partial charge < -0.3 is 30.0 Å². The van der Waals surface area contributed by atoms with Crippen LogP contribution in [0.25, 0.3) is 0 Å². The normalized spacial score (nSPS) is 12.1. The summed E-state index contributed by atoms with van der Waals surface area (Å²) in [4.78, 5) is 4.38. The third kappa shape index (κ3) is 8.02. The predicted molar refractivity (Wildman–Crippen MR) is 106 cm³/mol. The number of ether oxygens (including phenoxy) is 3. The second-order valence-electron chi connectivity index (χ2n) is 4.80. The number of aliphatic hydroxyl groups excluding tert-OH is 1. The van der Waals surface area contributed by atoms with Gasteiger partial charge in [0.05, 0.1) is 33.5 Å². The number of nitrogens with zero attached hydrogens (tertiary/aromatic N) is 1. The standard InChI is InChI=1S/C16H27N3O4.HI/c1-5-17-16(18-6-7-21-2)19-11-15(20)12-8-13(22-3)10-14(9-12)23-4;/h8-10,15,20H,5-7,11H2,1-4H3,(H2,17,18,19);1H. The smallest absolute Gasteiger partial charge is 0.191 e. The van der Waals surface area contributed by atoms with E-state index in [1.165, 1.54) is 0 Å². The maximum atomic E-state index is 10.4. The molecule has 0 radical (unpaired) electrons. The van der Waals surface area contributed by atoms with Gasteiger partial charge in [0.15, 0.2) is 5.96 Å². The summed E-state index contributed by atoms with van der Waals surface area (Å²) in [6.45, 7) is 4.17. The fourth-order valence-electron chi connectivity index (χ4n) is 1.92. The van der Waals surface area contributed by atoms with E-state index in [1.807, 2.05) is 6.92 Å². The molecule has 0 aliphatic heterocycles. The first-order chi connectivity index (χ1) is 11.1. The molecule has 1 atom stereocenters. The minimum absolute atomic E-state index is 0. The summed E-state index contributed by atoms with van der Waals surface area (Å²) >= 11 is 0. The average Bonchev–Trinajstić information content (AvgIpc) is 2.58. The molecule has 24 heavy (non-hydrogen) atoms. The van der Waals surface area contributed by atoms with Crippen molar-refractivity contribution in [2.24, 2.45) is 4.99 Å². The Morgan fingerprint density at radius 3 is 2.25 bits per heavy atom. The second kappa shape index (κ2) is 13.1. The van der Waals surface area contributed by atoms with Crippen LogP contribution < -0.4 is 20.1 Å². The number of hydrogen-bond donors (Lipinski definition) is 3. The van der Waals surface area contributed by atoms with E-state index in [0.717, 1.165) is 6.54 Å². The minimum atomic E-state index is -0.753. The maximum Gasteiger partial charge on any atom is 0.191 e. The fraction of sp³-hybridized carbons (Fsp3) is 0.562. The zero-order chi connectivity index (χ0) is 17.1. The van der Waals surface area contributed by atoms with Crippen LogP contribution in [0.1, 0.15) is 18.6 Å². The van der Waals surface area contributed by atoms with Crippen LogP contribution in [-0.4, -0.2) is 58.6 Å². The third-order valence-corrected chi connectivity index (χ3v) is 3.12. The van der Waals surface area contributed by atoms with E-state index in [1.54, 1.807) is 39.5 Å². The number of nitrogens with one attached hydrogen (secondary N) is 2. The molecule has 0 bridgehead atoms. The molecule has 8 heteroatoms. The van der Waals surface area contributed by atoms with Gasteiger partial charge in [0, 0.05) is 26.3 Å². The van der Waals surface area contributed by atoms with E-state index >= 15 is 0 Å². The number of halogens is 1. The van der Waals surface area contributed by atoms with Crippen molar-refractivity contribution in [3.05, 3.63) is 23.8 Å². The molecule has 1 aromatic rings. The molecule has 138 valence electrons. The first kappa shape index (κ1) is 22.7. The monoisotopic (exact) mass is 453 g/mol. The lowest BCUT2D eigenvalue weighted by atomic mass is 10.1. The van der Waals surface area contributed by atoms with Crippen LogP contribution in [0.2, 0.25) is 0 Å². The lowest BCUT2D eigenvalue weighted by Gasteiger charge is -2.14. The van der Waals surface area contributed by atoms with Gasteiger partial charge in [-0.15, -0.1) is 24.0 Å². The molecule has 0 saturated heterocycles. The number of aliphatic hydroxyl groups is 1. The van der Waals surface area contributed by atoms with E-state index in [0.29, 0.717) is 36.2 Å². The van der Waals surface area contributed by atoms with Crippen LogP contribution in [0.3, 0.4) is 0 Å². The molecule has 1 rings (SSSR count). The molecule has 1 unspecified atom stereocenters. The Bertz CT molecular complexity index is 478. The van der Waals surface area contributed by atoms with Crippen LogP contribution in [0.15, 0.2) is 23.2 Å². The Morgan fingerprint density at radius 2 is 1.75 bits per heavy atom. The van der Waals surface area contributed by atoms with Crippen molar-refractivity contribution in [2.75, 3.05) is 47.6 Å². The molecule has 7 nitrogen and oxygen atoms in total. The van der Waals surface area contributed by atoms with Gasteiger partial charge in [-0.05, 0) is 24.6 Å². The minimum Gasteiger partial charge on any atom is -0.497 e. The van der Waals surface area contributed by atoms with E-state index in [9.17, 15) is 5.11 Å². The lowest BCUT2D eigenvalue weighted by molar-refractivity contribution is 0.186. The summed E-state index contributed by atoms with van der Waals surface area (Å²) in [6.07, 6.45) is -0.753. The average molecular weight is 453 g/mol. The summed E-state index contributed by atoms with van der Waals surface area (Å²) in [5.74, 6) is 1.90. The van der Waals surface area contributed by atoms with Gasteiger partial charge in [0.25, 0.3) is 0 Å². The highest BCUT2D eigenvalue weighted by atomic mass is 127. The maximum absolute atomic E-state index is 10.4. The summed E-state index contributed by atoms with van der Waals surface area (Å²) in [5.41, 5.74) is 0.692. The molecule has 3 N–H and O–H groups in total. The number of aliphatic imine (C=N–C) groups is 1. The van der Waals surface area contributed by atoms with Crippen molar-refractivity contribution in [3.8, 4) is 11.5 Å². The fourth-order valence-corrected chi connectivity index (χ4v) is 1.92. The zero-order valence-corrected chi connectivity index (χ0v) is 17.0. The highest BCUT2D eigenvalue weighted by Gasteiger charge is 2.11. The molecular weight excluding hydrogens is 425 g/mol. The van der Waals surface area contributed by atoms with Gasteiger partial charge in [-0.25, -0.2) is 0 Å². The van der Waals surface area contributed by atoms with Gasteiger partial charge in [0.1, 0.15) is 11.5 Å². The topological polar surface area (TPSA) is 84.3 Å². The van der Waals surface area contributed by atoms with E-state index < -0.39 is 6.10 Å².